The third-order valence-corrected chi connectivity index (χ3v) is 5.38. The van der Waals surface area contributed by atoms with Gasteiger partial charge in [-0.25, -0.2) is 4.98 Å². The van der Waals surface area contributed by atoms with Gasteiger partial charge >= 0.3 is 31.7 Å². The molecule has 0 unspecified atom stereocenters. The van der Waals surface area contributed by atoms with Crippen molar-refractivity contribution in [3.63, 3.8) is 0 Å². The molecule has 0 amide bonds. The van der Waals surface area contributed by atoms with Gasteiger partial charge in [-0.15, -0.1) is 9.19 Å². The van der Waals surface area contributed by atoms with E-state index in [9.17, 15) is 30.0 Å². The van der Waals surface area contributed by atoms with Gasteiger partial charge in [0.05, 0.1) is 5.56 Å². The summed E-state index contributed by atoms with van der Waals surface area (Å²) in [5.41, 5.74) is -0.989. The van der Waals surface area contributed by atoms with E-state index < -0.39 is 43.0 Å². The number of nitrogens with zero attached hydrogens (tertiary/aromatic N) is 4. The van der Waals surface area contributed by atoms with Crippen molar-refractivity contribution < 1.29 is 34.2 Å². The normalized spacial score (nSPS) is 13.2. The van der Waals surface area contributed by atoms with Crippen LogP contribution in [0.5, 0.6) is 5.75 Å². The Hall–Kier alpha value is -2.19. The van der Waals surface area contributed by atoms with Crippen molar-refractivity contribution in [3.8, 4) is 5.75 Å². The first kappa shape index (κ1) is 19.1. The molecular weight excluding hydrogens is 389 g/mol. The number of benzene rings is 1. The highest BCUT2D eigenvalue weighted by Crippen LogP contribution is 2.30. The summed E-state index contributed by atoms with van der Waals surface area (Å²) in [5.74, 6) is -0.417. The minimum absolute atomic E-state index is 0.315. The molecule has 0 aliphatic rings. The summed E-state index contributed by atoms with van der Waals surface area (Å²) in [6.07, 6.45) is -3.93. The van der Waals surface area contributed by atoms with E-state index in [4.69, 9.17) is 0 Å². The molecule has 0 bridgehead atoms. The van der Waals surface area contributed by atoms with Crippen molar-refractivity contribution in [2.24, 2.45) is 0 Å². The molecule has 14 heteroatoms. The van der Waals surface area contributed by atoms with Crippen LogP contribution in [0.15, 0.2) is 35.7 Å². The van der Waals surface area contributed by atoms with Gasteiger partial charge in [-0.05, 0) is 24.3 Å². The Morgan fingerprint density at radius 2 is 1.64 bits per heavy atom. The fraction of sp³-hybridized carbons (Fsp3) is 0.273. The molecule has 0 atom stereocenters. The molecule has 1 aromatic carbocycles. The molecule has 2 rings (SSSR count). The Balaban J connectivity index is 2.27. The molecule has 1 heterocycles. The van der Waals surface area contributed by atoms with E-state index in [1.54, 1.807) is 0 Å². The Morgan fingerprint density at radius 3 is 2.12 bits per heavy atom. The third kappa shape index (κ3) is 4.08. The highest BCUT2D eigenvalue weighted by Gasteiger charge is 2.31. The molecule has 25 heavy (non-hydrogen) atoms. The van der Waals surface area contributed by atoms with Crippen LogP contribution in [0.4, 0.5) is 13.2 Å². The van der Waals surface area contributed by atoms with Gasteiger partial charge in [0.2, 0.25) is 0 Å². The average Bonchev–Trinajstić information content (AvgIpc) is 2.97. The maximum atomic E-state index is 12.5. The number of halogens is 3. The lowest BCUT2D eigenvalue weighted by atomic mass is 10.2. The monoisotopic (exact) mass is 400 g/mol. The minimum atomic E-state index is -4.63. The van der Waals surface area contributed by atoms with Crippen molar-refractivity contribution in [1.29, 1.82) is 0 Å². The van der Waals surface area contributed by atoms with Gasteiger partial charge in [0, 0.05) is 14.1 Å². The van der Waals surface area contributed by atoms with Crippen molar-refractivity contribution in [3.05, 3.63) is 36.2 Å². The SMILES string of the molecule is CN(C)S(=O)(=O)n1cnc(S(=O)(=O)Oc2ccc(C(F)(F)F)cc2)n1. The first-order valence-corrected chi connectivity index (χ1v) is 9.11. The minimum Gasteiger partial charge on any atom is -0.377 e. The predicted octanol–water partition coefficient (Wildman–Crippen LogP) is 0.719. The van der Waals surface area contributed by atoms with Gasteiger partial charge in [-0.3, -0.25) is 0 Å². The van der Waals surface area contributed by atoms with E-state index in [2.05, 4.69) is 14.3 Å². The van der Waals surface area contributed by atoms with E-state index in [0.717, 1.165) is 16.4 Å². The number of hydrogen-bond donors (Lipinski definition) is 0. The third-order valence-electron chi connectivity index (χ3n) is 2.76. The Bertz CT molecular complexity index is 966. The van der Waals surface area contributed by atoms with Crippen LogP contribution >= 0.6 is 0 Å². The van der Waals surface area contributed by atoms with Gasteiger partial charge in [0.15, 0.2) is 0 Å². The first-order valence-electron chi connectivity index (χ1n) is 6.30. The molecule has 0 fully saturated rings. The van der Waals surface area contributed by atoms with Crippen molar-refractivity contribution in [1.82, 2.24) is 18.5 Å². The molecule has 0 aliphatic carbocycles. The fourth-order valence-electron chi connectivity index (χ4n) is 1.49. The molecule has 0 saturated carbocycles. The van der Waals surface area contributed by atoms with Crippen LogP contribution in [0, 0.1) is 0 Å². The predicted molar refractivity (Wildman–Crippen MR) is 77.3 cm³/mol. The van der Waals surface area contributed by atoms with Gasteiger partial charge in [-0.1, -0.05) is 0 Å². The standard InChI is InChI=1S/C11H11F3N4O5S2/c1-17(2)25(21,22)18-7-15-10(16-18)24(19,20)23-9-5-3-8(4-6-9)11(12,13)14/h3-7H,1-2H3. The van der Waals surface area contributed by atoms with Crippen LogP contribution < -0.4 is 4.18 Å². The van der Waals surface area contributed by atoms with E-state index in [1.165, 1.54) is 14.1 Å². The second-order valence-corrected chi connectivity index (χ2v) is 8.19. The molecule has 0 spiro atoms. The fourth-order valence-corrected chi connectivity index (χ4v) is 3.03. The highest BCUT2D eigenvalue weighted by molar-refractivity contribution is 7.87. The maximum Gasteiger partial charge on any atom is 0.416 e. The summed E-state index contributed by atoms with van der Waals surface area (Å²) in [7, 11) is -6.32. The van der Waals surface area contributed by atoms with Crippen LogP contribution in [-0.2, 0) is 26.5 Å². The van der Waals surface area contributed by atoms with Crippen LogP contribution in [-0.4, -0.2) is 49.4 Å². The summed E-state index contributed by atoms with van der Waals surface area (Å²) in [6.45, 7) is 0. The number of aromatic nitrogens is 3. The summed E-state index contributed by atoms with van der Waals surface area (Å²) >= 11 is 0. The lowest BCUT2D eigenvalue weighted by Crippen LogP contribution is -2.29. The summed E-state index contributed by atoms with van der Waals surface area (Å²) in [6, 6.07) is 2.86. The zero-order valence-electron chi connectivity index (χ0n) is 12.7. The van der Waals surface area contributed by atoms with E-state index in [1.807, 2.05) is 0 Å². The summed E-state index contributed by atoms with van der Waals surface area (Å²) in [4.78, 5) is 3.34. The van der Waals surface area contributed by atoms with Crippen LogP contribution in [0.3, 0.4) is 0 Å². The molecule has 0 radical (unpaired) electrons. The summed E-state index contributed by atoms with van der Waals surface area (Å²) < 4.78 is 90.7. The summed E-state index contributed by atoms with van der Waals surface area (Å²) in [5, 5.41) is 2.35. The molecule has 2 aromatic rings. The molecule has 0 N–H and O–H groups in total. The number of hydrogen-bond acceptors (Lipinski definition) is 7. The largest absolute Gasteiger partial charge is 0.416 e. The Morgan fingerprint density at radius 1 is 1.08 bits per heavy atom. The van der Waals surface area contributed by atoms with E-state index in [-0.39, 0.29) is 0 Å². The average molecular weight is 400 g/mol. The van der Waals surface area contributed by atoms with Gasteiger partial charge in [-0.2, -0.15) is 34.3 Å². The smallest absolute Gasteiger partial charge is 0.377 e. The Kier molecular flexibility index (Phi) is 4.80. The quantitative estimate of drug-likeness (QED) is 0.680. The van der Waals surface area contributed by atoms with E-state index in [0.29, 0.717) is 22.5 Å². The lowest BCUT2D eigenvalue weighted by molar-refractivity contribution is -0.137. The van der Waals surface area contributed by atoms with Gasteiger partial charge in [0.25, 0.3) is 0 Å². The van der Waals surface area contributed by atoms with E-state index >= 15 is 0 Å². The first-order chi connectivity index (χ1) is 11.3. The van der Waals surface area contributed by atoms with Crippen molar-refractivity contribution >= 4 is 20.3 Å². The molecule has 1 aromatic heterocycles. The number of rotatable bonds is 5. The molecule has 9 nitrogen and oxygen atoms in total. The zero-order valence-corrected chi connectivity index (χ0v) is 14.3. The van der Waals surface area contributed by atoms with Crippen LogP contribution in [0.2, 0.25) is 0 Å². The molecular formula is C11H11F3N4O5S2. The van der Waals surface area contributed by atoms with Crippen LogP contribution in [0.25, 0.3) is 0 Å². The van der Waals surface area contributed by atoms with Gasteiger partial charge < -0.3 is 4.18 Å². The second kappa shape index (κ2) is 6.27. The molecule has 0 saturated heterocycles. The Labute approximate surface area is 141 Å². The topological polar surface area (TPSA) is 111 Å². The van der Waals surface area contributed by atoms with Crippen molar-refractivity contribution in [2.75, 3.05) is 14.1 Å². The van der Waals surface area contributed by atoms with Crippen molar-refractivity contribution in [2.45, 2.75) is 11.3 Å². The highest BCUT2D eigenvalue weighted by atomic mass is 32.2. The zero-order chi connectivity index (χ0) is 19.0. The molecule has 0 aliphatic heterocycles. The second-order valence-electron chi connectivity index (χ2n) is 4.75. The maximum absolute atomic E-state index is 12.5. The number of alkyl halides is 3. The van der Waals surface area contributed by atoms with Crippen LogP contribution in [0.1, 0.15) is 5.56 Å². The van der Waals surface area contributed by atoms with Gasteiger partial charge in [0.1, 0.15) is 12.1 Å². The lowest BCUT2D eigenvalue weighted by Gasteiger charge is -2.09. The molecule has 138 valence electrons.